The highest BCUT2D eigenvalue weighted by Gasteiger charge is 2.24. The fraction of sp³-hybridized carbons (Fsp3) is 0.273. The van der Waals surface area contributed by atoms with Gasteiger partial charge in [0.1, 0.15) is 6.61 Å². The first-order valence-electron chi connectivity index (χ1n) is 4.96. The van der Waals surface area contributed by atoms with Crippen LogP contribution >= 0.6 is 31.9 Å². The van der Waals surface area contributed by atoms with Gasteiger partial charge in [-0.25, -0.2) is 0 Å². The number of ether oxygens (including phenoxy) is 1. The van der Waals surface area contributed by atoms with Gasteiger partial charge in [0, 0.05) is 21.1 Å². The Bertz CT molecular complexity index is 476. The summed E-state index contributed by atoms with van der Waals surface area (Å²) < 4.78 is 6.57. The third-order valence-corrected chi connectivity index (χ3v) is 3.50. The molecule has 1 aromatic rings. The number of halogens is 2. The molecular weight excluding hydrogens is 354 g/mol. The van der Waals surface area contributed by atoms with Gasteiger partial charge in [0.05, 0.1) is 12.3 Å². The van der Waals surface area contributed by atoms with Crippen molar-refractivity contribution in [2.75, 3.05) is 24.7 Å². The van der Waals surface area contributed by atoms with E-state index in [1.165, 1.54) is 0 Å². The summed E-state index contributed by atoms with van der Waals surface area (Å²) in [5, 5.41) is 0. The minimum atomic E-state index is -0.137. The van der Waals surface area contributed by atoms with Crippen molar-refractivity contribution in [2.24, 2.45) is 0 Å². The zero-order valence-electron chi connectivity index (χ0n) is 8.78. The number of hydrogen-bond acceptors (Lipinski definition) is 3. The fourth-order valence-corrected chi connectivity index (χ4v) is 3.19. The molecule has 2 rings (SSSR count). The molecule has 0 spiro atoms. The van der Waals surface area contributed by atoms with Crippen LogP contribution in [0.1, 0.15) is 10.4 Å². The average molecular weight is 363 g/mol. The molecule has 1 saturated heterocycles. The van der Waals surface area contributed by atoms with Crippen LogP contribution in [0.3, 0.4) is 0 Å². The van der Waals surface area contributed by atoms with Gasteiger partial charge in [0.2, 0.25) is 0 Å². The van der Waals surface area contributed by atoms with Gasteiger partial charge in [-0.3, -0.25) is 9.59 Å². The first-order chi connectivity index (χ1) is 8.13. The summed E-state index contributed by atoms with van der Waals surface area (Å²) >= 11 is 6.69. The molecule has 1 fully saturated rings. The van der Waals surface area contributed by atoms with E-state index in [2.05, 4.69) is 31.9 Å². The van der Waals surface area contributed by atoms with E-state index in [1.807, 2.05) is 6.07 Å². The molecule has 1 aromatic carbocycles. The van der Waals surface area contributed by atoms with Crippen LogP contribution in [0.25, 0.3) is 0 Å². The monoisotopic (exact) mass is 361 g/mol. The number of amides is 1. The molecule has 6 heteroatoms. The molecule has 17 heavy (non-hydrogen) atoms. The molecule has 0 radical (unpaired) electrons. The second-order valence-electron chi connectivity index (χ2n) is 3.54. The van der Waals surface area contributed by atoms with E-state index in [9.17, 15) is 9.59 Å². The van der Waals surface area contributed by atoms with Crippen molar-refractivity contribution in [3.63, 3.8) is 0 Å². The summed E-state index contributed by atoms with van der Waals surface area (Å²) in [7, 11) is 0. The van der Waals surface area contributed by atoms with E-state index in [0.717, 1.165) is 10.8 Å². The molecule has 1 aliphatic heterocycles. The Balaban J connectivity index is 2.49. The number of morpholine rings is 1. The highest BCUT2D eigenvalue weighted by atomic mass is 79.9. The minimum absolute atomic E-state index is 0.0564. The van der Waals surface area contributed by atoms with Crippen molar-refractivity contribution in [1.29, 1.82) is 0 Å². The quantitative estimate of drug-likeness (QED) is 0.759. The van der Waals surface area contributed by atoms with Crippen LogP contribution in [-0.2, 0) is 9.53 Å². The Hall–Kier alpha value is -0.720. The lowest BCUT2D eigenvalue weighted by molar-refractivity contribution is -0.125. The van der Waals surface area contributed by atoms with Crippen molar-refractivity contribution >= 4 is 49.7 Å². The molecule has 0 bridgehead atoms. The largest absolute Gasteiger partial charge is 0.370 e. The molecule has 1 amide bonds. The second-order valence-corrected chi connectivity index (χ2v) is 5.31. The summed E-state index contributed by atoms with van der Waals surface area (Å²) in [5.41, 5.74) is 1.08. The van der Waals surface area contributed by atoms with E-state index in [-0.39, 0.29) is 12.5 Å². The minimum Gasteiger partial charge on any atom is -0.370 e. The maximum absolute atomic E-state index is 11.8. The highest BCUT2D eigenvalue weighted by Crippen LogP contribution is 2.33. The normalized spacial score (nSPS) is 16.1. The molecule has 1 aliphatic rings. The Labute approximate surface area is 115 Å². The third kappa shape index (κ3) is 2.59. The number of anilines is 1. The molecule has 0 N–H and O–H groups in total. The first kappa shape index (κ1) is 12.7. The molecule has 0 atom stereocenters. The highest BCUT2D eigenvalue weighted by molar-refractivity contribution is 9.11. The van der Waals surface area contributed by atoms with E-state index < -0.39 is 0 Å². The lowest BCUT2D eigenvalue weighted by Crippen LogP contribution is -2.42. The van der Waals surface area contributed by atoms with Crippen molar-refractivity contribution < 1.29 is 14.3 Å². The maximum atomic E-state index is 11.8. The number of carbonyl (C=O) groups excluding carboxylic acids is 2. The summed E-state index contributed by atoms with van der Waals surface area (Å²) in [6.45, 7) is 0.993. The van der Waals surface area contributed by atoms with Crippen LogP contribution in [0.15, 0.2) is 21.1 Å². The average Bonchev–Trinajstić information content (AvgIpc) is 2.29. The van der Waals surface area contributed by atoms with E-state index in [1.54, 1.807) is 11.0 Å². The smallest absolute Gasteiger partial charge is 0.253 e. The predicted molar refractivity (Wildman–Crippen MR) is 70.4 cm³/mol. The van der Waals surface area contributed by atoms with Gasteiger partial charge in [-0.15, -0.1) is 0 Å². The van der Waals surface area contributed by atoms with Gasteiger partial charge in [0.25, 0.3) is 5.91 Å². The topological polar surface area (TPSA) is 46.6 Å². The van der Waals surface area contributed by atoms with Crippen LogP contribution in [0.4, 0.5) is 5.69 Å². The molecular formula is C11H9Br2NO3. The van der Waals surface area contributed by atoms with Crippen molar-refractivity contribution in [1.82, 2.24) is 0 Å². The molecule has 0 aromatic heterocycles. The Morgan fingerprint density at radius 2 is 2.12 bits per heavy atom. The van der Waals surface area contributed by atoms with E-state index in [0.29, 0.717) is 28.9 Å². The number of nitrogens with zero attached hydrogens (tertiary/aromatic N) is 1. The molecule has 1 heterocycles. The zero-order chi connectivity index (χ0) is 12.4. The number of benzene rings is 1. The van der Waals surface area contributed by atoms with Gasteiger partial charge < -0.3 is 9.64 Å². The Kier molecular flexibility index (Phi) is 3.96. The van der Waals surface area contributed by atoms with Crippen molar-refractivity contribution in [2.45, 2.75) is 0 Å². The third-order valence-electron chi connectivity index (χ3n) is 2.44. The van der Waals surface area contributed by atoms with Gasteiger partial charge in [-0.1, -0.05) is 15.9 Å². The number of rotatable bonds is 2. The Morgan fingerprint density at radius 1 is 1.35 bits per heavy atom. The summed E-state index contributed by atoms with van der Waals surface area (Å²) in [5.74, 6) is -0.137. The molecule has 4 nitrogen and oxygen atoms in total. The molecule has 0 aliphatic carbocycles. The van der Waals surface area contributed by atoms with Gasteiger partial charge in [0.15, 0.2) is 6.29 Å². The fourth-order valence-electron chi connectivity index (χ4n) is 1.71. The lowest BCUT2D eigenvalue weighted by atomic mass is 10.1. The van der Waals surface area contributed by atoms with Gasteiger partial charge >= 0.3 is 0 Å². The standard InChI is InChI=1S/C11H9Br2NO3/c12-8-3-7(5-15)11(9(13)4-8)14-1-2-17-6-10(14)16/h3-5H,1-2,6H2. The van der Waals surface area contributed by atoms with Crippen molar-refractivity contribution in [3.8, 4) is 0 Å². The van der Waals surface area contributed by atoms with E-state index >= 15 is 0 Å². The zero-order valence-corrected chi connectivity index (χ0v) is 12.0. The van der Waals surface area contributed by atoms with Crippen LogP contribution in [0, 0.1) is 0 Å². The Morgan fingerprint density at radius 3 is 2.76 bits per heavy atom. The van der Waals surface area contributed by atoms with Crippen LogP contribution in [-0.4, -0.2) is 32.0 Å². The predicted octanol–water partition coefficient (Wildman–Crippen LogP) is 2.39. The van der Waals surface area contributed by atoms with Gasteiger partial charge in [-0.2, -0.15) is 0 Å². The summed E-state index contributed by atoms with van der Waals surface area (Å²) in [6.07, 6.45) is 0.744. The SMILES string of the molecule is O=Cc1cc(Br)cc(Br)c1N1CCOCC1=O. The summed E-state index contributed by atoms with van der Waals surface area (Å²) in [4.78, 5) is 24.4. The second kappa shape index (κ2) is 5.29. The summed E-state index contributed by atoms with van der Waals surface area (Å²) in [6, 6.07) is 3.50. The van der Waals surface area contributed by atoms with E-state index in [4.69, 9.17) is 4.74 Å². The van der Waals surface area contributed by atoms with Crippen LogP contribution in [0.5, 0.6) is 0 Å². The maximum Gasteiger partial charge on any atom is 0.253 e. The lowest BCUT2D eigenvalue weighted by Gasteiger charge is -2.28. The number of carbonyl (C=O) groups is 2. The number of aldehydes is 1. The van der Waals surface area contributed by atoms with Crippen molar-refractivity contribution in [3.05, 3.63) is 26.6 Å². The van der Waals surface area contributed by atoms with Gasteiger partial charge in [-0.05, 0) is 28.1 Å². The van der Waals surface area contributed by atoms with Crippen LogP contribution in [0.2, 0.25) is 0 Å². The first-order valence-corrected chi connectivity index (χ1v) is 6.54. The molecule has 0 unspecified atom stereocenters. The number of hydrogen-bond donors (Lipinski definition) is 0. The molecule has 90 valence electrons. The van der Waals surface area contributed by atoms with Crippen LogP contribution < -0.4 is 4.90 Å². The molecule has 0 saturated carbocycles.